The maximum absolute atomic E-state index is 16.3. The van der Waals surface area contributed by atoms with Crippen LogP contribution < -0.4 is 0 Å². The van der Waals surface area contributed by atoms with Crippen molar-refractivity contribution >= 4 is 23.2 Å². The molecule has 22 heteroatoms. The average Bonchev–Trinajstić information content (AvgIpc) is 2.87. The molecule has 0 saturated heterocycles. The second kappa shape index (κ2) is 10.6. The highest BCUT2D eigenvalue weighted by Gasteiger charge is 2.97. The predicted octanol–water partition coefficient (Wildman–Crippen LogP) is 10.9. The quantitative estimate of drug-likeness (QED) is 0.214. The molecular formula is C22H8Cl2F20. The van der Waals surface area contributed by atoms with Crippen molar-refractivity contribution in [1.82, 2.24) is 0 Å². The Kier molecular flexibility index (Phi) is 9.09. The van der Waals surface area contributed by atoms with Gasteiger partial charge in [0.1, 0.15) is 0 Å². The topological polar surface area (TPSA) is 0 Å². The van der Waals surface area contributed by atoms with Crippen LogP contribution in [0.25, 0.3) is 0 Å². The number of hydrogen-bond acceptors (Lipinski definition) is 0. The highest BCUT2D eigenvalue weighted by atomic mass is 35.5. The molecule has 0 bridgehead atoms. The maximum Gasteiger partial charge on any atom is 0.460 e. The fourth-order valence-electron chi connectivity index (χ4n) is 3.54. The van der Waals surface area contributed by atoms with Crippen molar-refractivity contribution in [1.29, 1.82) is 0 Å². The van der Waals surface area contributed by atoms with Crippen molar-refractivity contribution in [2.24, 2.45) is 0 Å². The van der Waals surface area contributed by atoms with E-state index in [4.69, 9.17) is 23.2 Å². The molecule has 0 fully saturated rings. The third kappa shape index (κ3) is 4.66. The summed E-state index contributed by atoms with van der Waals surface area (Å²) in [4.78, 5) is 0. The van der Waals surface area contributed by atoms with Gasteiger partial charge in [-0.25, -0.2) is 4.39 Å². The summed E-state index contributed by atoms with van der Waals surface area (Å²) >= 11 is 10.9. The molecule has 0 saturated carbocycles. The molecule has 0 aromatic heterocycles. The van der Waals surface area contributed by atoms with Crippen molar-refractivity contribution in [2.45, 2.75) is 59.2 Å². The van der Waals surface area contributed by atoms with Gasteiger partial charge in [0.15, 0.2) is 0 Å². The minimum Gasteiger partial charge on any atom is -0.226 e. The molecule has 2 aromatic carbocycles. The van der Waals surface area contributed by atoms with E-state index in [9.17, 15) is 74.6 Å². The first kappa shape index (κ1) is 37.8. The van der Waals surface area contributed by atoms with Gasteiger partial charge in [-0.1, -0.05) is 59.6 Å². The first-order valence-electron chi connectivity index (χ1n) is 10.6. The molecule has 0 radical (unpaired) electrons. The Balaban J connectivity index is 2.93. The lowest BCUT2D eigenvalue weighted by Crippen LogP contribution is -2.76. The Morgan fingerprint density at radius 3 is 0.795 bits per heavy atom. The van der Waals surface area contributed by atoms with Crippen LogP contribution in [0, 0.1) is 0 Å². The lowest BCUT2D eigenvalue weighted by molar-refractivity contribution is -0.471. The maximum atomic E-state index is 16.3. The van der Waals surface area contributed by atoms with E-state index in [1.165, 1.54) is 0 Å². The van der Waals surface area contributed by atoms with E-state index in [-0.39, 0.29) is 12.1 Å². The van der Waals surface area contributed by atoms with Gasteiger partial charge in [0.25, 0.3) is 0 Å². The molecule has 0 spiro atoms. The summed E-state index contributed by atoms with van der Waals surface area (Å²) in [7, 11) is 0. The monoisotopic (exact) mass is 722 g/mol. The second-order valence-corrected chi connectivity index (χ2v) is 9.53. The molecule has 0 unspecified atom stereocenters. The molecule has 0 atom stereocenters. The average molecular weight is 723 g/mol. The minimum atomic E-state index is -9.14. The van der Waals surface area contributed by atoms with Gasteiger partial charge in [-0.05, 0) is 12.1 Å². The lowest BCUT2D eigenvalue weighted by atomic mass is 9.76. The zero-order chi connectivity index (χ0) is 35.0. The third-order valence-electron chi connectivity index (χ3n) is 6.04. The molecule has 44 heavy (non-hydrogen) atoms. The Morgan fingerprint density at radius 1 is 0.318 bits per heavy atom. The van der Waals surface area contributed by atoms with E-state index in [1.54, 1.807) is 0 Å². The molecule has 0 nitrogen and oxygen atoms in total. The van der Waals surface area contributed by atoms with Crippen LogP contribution in [0.1, 0.15) is 11.1 Å². The van der Waals surface area contributed by atoms with Gasteiger partial charge < -0.3 is 0 Å². The molecule has 2 aromatic rings. The summed E-state index contributed by atoms with van der Waals surface area (Å²) in [6.07, 6.45) is -8.00. The van der Waals surface area contributed by atoms with E-state index in [2.05, 4.69) is 0 Å². The molecule has 0 aliphatic carbocycles. The van der Waals surface area contributed by atoms with Crippen LogP contribution in [0.5, 0.6) is 0 Å². The van der Waals surface area contributed by atoms with Gasteiger partial charge in [0.2, 0.25) is 5.67 Å². The number of alkyl halides is 20. The van der Waals surface area contributed by atoms with Gasteiger partial charge >= 0.3 is 53.6 Å². The molecule has 0 aliphatic rings. The normalized spacial score (nSPS) is 15.5. The zero-order valence-electron chi connectivity index (χ0n) is 19.9. The number of rotatable bonds is 10. The Hall–Kier alpha value is -2.38. The molecule has 0 N–H and O–H groups in total. The molecule has 0 amide bonds. The minimum absolute atomic E-state index is 0.0223. The summed E-state index contributed by atoms with van der Waals surface area (Å²) in [5.41, 5.74) is -9.79. The molecule has 0 aliphatic heterocycles. The van der Waals surface area contributed by atoms with E-state index >= 15 is 13.2 Å². The second-order valence-electron chi connectivity index (χ2n) is 8.71. The lowest BCUT2D eigenvalue weighted by Gasteiger charge is -2.46. The van der Waals surface area contributed by atoms with Gasteiger partial charge in [-0.3, -0.25) is 0 Å². The molecule has 2 rings (SSSR count). The summed E-state index contributed by atoms with van der Waals surface area (Å²) in [6, 6.07) is 3.36. The van der Waals surface area contributed by atoms with Crippen LogP contribution >= 0.6 is 23.2 Å². The Bertz CT molecular complexity index is 1320. The van der Waals surface area contributed by atoms with Crippen LogP contribution in [-0.4, -0.2) is 53.6 Å². The fourth-order valence-corrected chi connectivity index (χ4v) is 4.07. The van der Waals surface area contributed by atoms with Crippen LogP contribution in [0.3, 0.4) is 0 Å². The van der Waals surface area contributed by atoms with E-state index in [1.807, 2.05) is 0 Å². The van der Waals surface area contributed by atoms with Crippen LogP contribution in [0.15, 0.2) is 48.5 Å². The summed E-state index contributed by atoms with van der Waals surface area (Å²) in [5.74, 6) is -69.6. The van der Waals surface area contributed by atoms with Crippen molar-refractivity contribution in [2.75, 3.05) is 0 Å². The Morgan fingerprint density at radius 2 is 0.545 bits per heavy atom. The van der Waals surface area contributed by atoms with Gasteiger partial charge in [-0.2, -0.15) is 83.4 Å². The highest BCUT2D eigenvalue weighted by molar-refractivity contribution is 6.32. The van der Waals surface area contributed by atoms with Crippen molar-refractivity contribution in [3.05, 3.63) is 69.7 Å². The van der Waals surface area contributed by atoms with Crippen LogP contribution in [0.4, 0.5) is 87.8 Å². The van der Waals surface area contributed by atoms with E-state index < -0.39 is 80.4 Å². The summed E-state index contributed by atoms with van der Waals surface area (Å²) < 4.78 is 279. The van der Waals surface area contributed by atoms with Crippen molar-refractivity contribution in [3.8, 4) is 0 Å². The Labute approximate surface area is 240 Å². The molecule has 0 heterocycles. The summed E-state index contributed by atoms with van der Waals surface area (Å²) in [6.45, 7) is 0. The van der Waals surface area contributed by atoms with Crippen LogP contribution in [-0.2, 0) is 5.67 Å². The fraction of sp³-hybridized carbons (Fsp3) is 0.455. The third-order valence-corrected chi connectivity index (χ3v) is 6.70. The van der Waals surface area contributed by atoms with E-state index in [0.717, 1.165) is 12.1 Å². The highest BCUT2D eigenvalue weighted by Crippen LogP contribution is 2.67. The predicted molar refractivity (Wildman–Crippen MR) is 110 cm³/mol. The number of hydrogen-bond donors (Lipinski definition) is 0. The van der Waals surface area contributed by atoms with Crippen molar-refractivity contribution < 1.29 is 87.8 Å². The summed E-state index contributed by atoms with van der Waals surface area (Å²) in [5, 5.41) is -2.79. The van der Waals surface area contributed by atoms with Gasteiger partial charge in [-0.15, -0.1) is 0 Å². The molecule has 250 valence electrons. The largest absolute Gasteiger partial charge is 0.460 e. The van der Waals surface area contributed by atoms with Crippen LogP contribution in [0.2, 0.25) is 10.0 Å². The first-order chi connectivity index (χ1) is 19.3. The zero-order valence-corrected chi connectivity index (χ0v) is 21.4. The number of benzene rings is 2. The van der Waals surface area contributed by atoms with Gasteiger partial charge in [0, 0.05) is 21.2 Å². The van der Waals surface area contributed by atoms with Crippen molar-refractivity contribution in [3.63, 3.8) is 0 Å². The first-order valence-corrected chi connectivity index (χ1v) is 11.3. The van der Waals surface area contributed by atoms with Gasteiger partial charge in [0.05, 0.1) is 0 Å². The van der Waals surface area contributed by atoms with E-state index in [0.29, 0.717) is 24.3 Å². The standard InChI is InChI=1S/C22H8Cl2F20/c23-11-7-3-1-5-9(11)13(25,10-6-2-4-8-12(10)24)14(26,27)15(28,29)16(30,31)17(32,33)18(34,35)19(36,37)20(38,39)21(40,41)22(42,43)44/h1-8H. The number of halogens is 22. The molecular weight excluding hydrogens is 715 g/mol. The smallest absolute Gasteiger partial charge is 0.226 e. The SMILES string of the molecule is FC(F)(F)C(F)(F)C(F)(F)C(F)(F)C(F)(F)C(F)(F)C(F)(F)C(F)(F)C(F)(F)C(F)(c1ccccc1Cl)c1ccccc1Cl.